The normalized spacial score (nSPS) is 15.4. The monoisotopic (exact) mass is 328 g/mol. The molecular formula is C15H21FN2O3S. The van der Waals surface area contributed by atoms with Gasteiger partial charge >= 0.3 is 6.03 Å². The Hall–Kier alpha value is -1.47. The van der Waals surface area contributed by atoms with Crippen LogP contribution < -0.4 is 5.32 Å². The first kappa shape index (κ1) is 16.9. The van der Waals surface area contributed by atoms with Crippen LogP contribution in [0.4, 0.5) is 14.9 Å². The Kier molecular flexibility index (Phi) is 5.90. The van der Waals surface area contributed by atoms with Gasteiger partial charge in [-0.25, -0.2) is 9.18 Å². The predicted molar refractivity (Wildman–Crippen MR) is 83.8 cm³/mol. The number of hydrogen-bond acceptors (Lipinski definition) is 3. The van der Waals surface area contributed by atoms with Crippen molar-refractivity contribution in [1.29, 1.82) is 0 Å². The molecule has 22 heavy (non-hydrogen) atoms. The number of anilines is 1. The topological polar surface area (TPSA) is 69.6 Å². The van der Waals surface area contributed by atoms with Gasteiger partial charge in [-0.05, 0) is 43.9 Å². The summed E-state index contributed by atoms with van der Waals surface area (Å²) < 4.78 is 25.1. The van der Waals surface area contributed by atoms with Gasteiger partial charge in [-0.2, -0.15) is 0 Å². The van der Waals surface area contributed by atoms with Crippen molar-refractivity contribution in [2.24, 2.45) is 0 Å². The second-order valence-corrected chi connectivity index (χ2v) is 6.73. The molecule has 0 heterocycles. The van der Waals surface area contributed by atoms with E-state index < -0.39 is 16.6 Å². The van der Waals surface area contributed by atoms with Crippen molar-refractivity contribution in [3.8, 4) is 0 Å². The van der Waals surface area contributed by atoms with Crippen LogP contribution in [0.5, 0.6) is 0 Å². The minimum absolute atomic E-state index is 0.112. The van der Waals surface area contributed by atoms with E-state index in [1.807, 2.05) is 0 Å². The molecule has 0 aliphatic heterocycles. The molecule has 0 aromatic heterocycles. The zero-order chi connectivity index (χ0) is 16.1. The number of halogens is 1. The molecule has 1 aromatic rings. The molecule has 7 heteroatoms. The van der Waals surface area contributed by atoms with E-state index in [0.717, 1.165) is 19.3 Å². The Bertz CT molecular complexity index is 564. The number of aliphatic hydroxyl groups excluding tert-OH is 1. The van der Waals surface area contributed by atoms with E-state index in [4.69, 9.17) is 5.11 Å². The largest absolute Gasteiger partial charge is 0.396 e. The summed E-state index contributed by atoms with van der Waals surface area (Å²) in [7, 11) is -1.39. The standard InChI is InChI=1S/C15H21FN2O3S/c1-22(21)14-7-4-11(10-13(14)16)17-15(20)18(12-5-6-12)8-2-3-9-19/h4,7,10,12,19H,2-3,5-6,8-9H2,1H3,(H,17,20). The van der Waals surface area contributed by atoms with E-state index in [9.17, 15) is 13.4 Å². The molecule has 122 valence electrons. The third kappa shape index (κ3) is 4.51. The van der Waals surface area contributed by atoms with Crippen LogP contribution in [0.25, 0.3) is 0 Å². The van der Waals surface area contributed by atoms with Crippen molar-refractivity contribution >= 4 is 22.5 Å². The molecule has 1 aromatic carbocycles. The third-order valence-electron chi connectivity index (χ3n) is 3.55. The fraction of sp³-hybridized carbons (Fsp3) is 0.533. The van der Waals surface area contributed by atoms with E-state index in [-0.39, 0.29) is 23.6 Å². The lowest BCUT2D eigenvalue weighted by atomic mass is 10.3. The SMILES string of the molecule is CS(=O)c1ccc(NC(=O)N(CCCCO)C2CC2)cc1F. The Balaban J connectivity index is 2.00. The zero-order valence-electron chi connectivity index (χ0n) is 12.5. The molecular weight excluding hydrogens is 307 g/mol. The van der Waals surface area contributed by atoms with Crippen molar-refractivity contribution in [2.75, 3.05) is 24.7 Å². The number of aliphatic hydroxyl groups is 1. The first-order valence-corrected chi connectivity index (χ1v) is 8.90. The molecule has 1 fully saturated rings. The van der Waals surface area contributed by atoms with Crippen LogP contribution in [0.2, 0.25) is 0 Å². The van der Waals surface area contributed by atoms with Gasteiger partial charge in [0.15, 0.2) is 0 Å². The summed E-state index contributed by atoms with van der Waals surface area (Å²) in [4.78, 5) is 14.1. The highest BCUT2D eigenvalue weighted by Gasteiger charge is 2.32. The summed E-state index contributed by atoms with van der Waals surface area (Å²) in [5.74, 6) is -0.586. The molecule has 2 rings (SSSR count). The van der Waals surface area contributed by atoms with Crippen LogP contribution in [0.15, 0.2) is 23.1 Å². The Labute approximate surface area is 132 Å². The van der Waals surface area contributed by atoms with Crippen LogP contribution in [0, 0.1) is 5.82 Å². The molecule has 0 bridgehead atoms. The number of benzene rings is 1. The highest BCUT2D eigenvalue weighted by molar-refractivity contribution is 7.84. The lowest BCUT2D eigenvalue weighted by Crippen LogP contribution is -2.37. The van der Waals surface area contributed by atoms with Crippen molar-refractivity contribution in [1.82, 2.24) is 4.90 Å². The first-order chi connectivity index (χ1) is 10.5. The van der Waals surface area contributed by atoms with E-state index in [0.29, 0.717) is 18.7 Å². The van der Waals surface area contributed by atoms with E-state index in [1.54, 1.807) is 11.0 Å². The van der Waals surface area contributed by atoms with Gasteiger partial charge in [0.05, 0.1) is 15.7 Å². The van der Waals surface area contributed by atoms with Gasteiger partial charge in [-0.3, -0.25) is 4.21 Å². The average molecular weight is 328 g/mol. The highest BCUT2D eigenvalue weighted by Crippen LogP contribution is 2.28. The number of carbonyl (C=O) groups is 1. The number of hydrogen-bond donors (Lipinski definition) is 2. The summed E-state index contributed by atoms with van der Waals surface area (Å²) in [6.45, 7) is 0.692. The number of urea groups is 1. The maximum absolute atomic E-state index is 13.8. The van der Waals surface area contributed by atoms with Gasteiger partial charge in [0.2, 0.25) is 0 Å². The Morgan fingerprint density at radius 3 is 2.73 bits per heavy atom. The van der Waals surface area contributed by atoms with Crippen LogP contribution in [-0.2, 0) is 10.8 Å². The van der Waals surface area contributed by atoms with Gasteiger partial charge in [0, 0.05) is 31.1 Å². The average Bonchev–Trinajstić information content (AvgIpc) is 3.27. The third-order valence-corrected chi connectivity index (χ3v) is 4.50. The van der Waals surface area contributed by atoms with Gasteiger partial charge < -0.3 is 15.3 Å². The summed E-state index contributed by atoms with van der Waals surface area (Å²) in [5.41, 5.74) is 0.351. The van der Waals surface area contributed by atoms with Crippen LogP contribution in [0.1, 0.15) is 25.7 Å². The summed E-state index contributed by atoms with van der Waals surface area (Å²) in [5, 5.41) is 11.5. The summed E-state index contributed by atoms with van der Waals surface area (Å²) in [6.07, 6.45) is 4.76. The van der Waals surface area contributed by atoms with Crippen molar-refractivity contribution in [3.63, 3.8) is 0 Å². The fourth-order valence-corrected chi connectivity index (χ4v) is 2.83. The van der Waals surface area contributed by atoms with Gasteiger partial charge in [0.1, 0.15) is 5.82 Å². The number of carbonyl (C=O) groups excluding carboxylic acids is 1. The van der Waals surface area contributed by atoms with E-state index in [1.165, 1.54) is 18.4 Å². The lowest BCUT2D eigenvalue weighted by molar-refractivity contribution is 0.204. The van der Waals surface area contributed by atoms with Gasteiger partial charge in [-0.15, -0.1) is 0 Å². The minimum atomic E-state index is -1.39. The van der Waals surface area contributed by atoms with Crippen LogP contribution in [0.3, 0.4) is 0 Å². The number of rotatable bonds is 7. The number of nitrogens with one attached hydrogen (secondary N) is 1. The molecule has 1 unspecified atom stereocenters. The highest BCUT2D eigenvalue weighted by atomic mass is 32.2. The number of unbranched alkanes of at least 4 members (excludes halogenated alkanes) is 1. The number of amides is 2. The predicted octanol–water partition coefficient (Wildman–Crippen LogP) is 2.33. The van der Waals surface area contributed by atoms with Crippen LogP contribution in [-0.4, -0.2) is 45.7 Å². The molecule has 1 aliphatic carbocycles. The Morgan fingerprint density at radius 1 is 1.45 bits per heavy atom. The molecule has 0 radical (unpaired) electrons. The second kappa shape index (κ2) is 7.69. The number of nitrogens with zero attached hydrogens (tertiary/aromatic N) is 1. The maximum Gasteiger partial charge on any atom is 0.322 e. The smallest absolute Gasteiger partial charge is 0.322 e. The molecule has 2 N–H and O–H groups in total. The second-order valence-electron chi connectivity index (χ2n) is 5.38. The van der Waals surface area contributed by atoms with Crippen LogP contribution >= 0.6 is 0 Å². The van der Waals surface area contributed by atoms with Crippen molar-refractivity contribution in [3.05, 3.63) is 24.0 Å². The molecule has 0 spiro atoms. The van der Waals surface area contributed by atoms with Crippen molar-refractivity contribution < 1.29 is 18.5 Å². The molecule has 1 aliphatic rings. The summed E-state index contributed by atoms with van der Waals surface area (Å²) >= 11 is 0. The molecule has 0 saturated heterocycles. The van der Waals surface area contributed by atoms with Crippen molar-refractivity contribution in [2.45, 2.75) is 36.6 Å². The minimum Gasteiger partial charge on any atom is -0.396 e. The lowest BCUT2D eigenvalue weighted by Gasteiger charge is -2.22. The maximum atomic E-state index is 13.8. The van der Waals surface area contributed by atoms with E-state index >= 15 is 0 Å². The Morgan fingerprint density at radius 2 is 2.18 bits per heavy atom. The van der Waals surface area contributed by atoms with Gasteiger partial charge in [0.25, 0.3) is 0 Å². The first-order valence-electron chi connectivity index (χ1n) is 7.34. The quantitative estimate of drug-likeness (QED) is 0.755. The fourth-order valence-electron chi connectivity index (χ4n) is 2.24. The van der Waals surface area contributed by atoms with E-state index in [2.05, 4.69) is 5.32 Å². The summed E-state index contributed by atoms with van der Waals surface area (Å²) in [6, 6.07) is 4.15. The molecule has 5 nitrogen and oxygen atoms in total. The molecule has 1 atom stereocenters. The molecule has 1 saturated carbocycles. The zero-order valence-corrected chi connectivity index (χ0v) is 13.4. The molecule has 2 amide bonds. The van der Waals surface area contributed by atoms with Gasteiger partial charge in [-0.1, -0.05) is 0 Å².